The lowest BCUT2D eigenvalue weighted by Crippen LogP contribution is -2.41. The van der Waals surface area contributed by atoms with Crippen LogP contribution in [0.15, 0.2) is 0 Å². The molecule has 3 atom stereocenters. The molecule has 3 saturated carbocycles. The van der Waals surface area contributed by atoms with E-state index < -0.39 is 6.10 Å². The first-order valence-corrected chi connectivity index (χ1v) is 14.0. The highest BCUT2D eigenvalue weighted by molar-refractivity contribution is 5.84. The molecule has 0 aromatic carbocycles. The van der Waals surface area contributed by atoms with Crippen LogP contribution in [0.5, 0.6) is 0 Å². The molecule has 34 heavy (non-hydrogen) atoms. The minimum absolute atomic E-state index is 0.0203. The summed E-state index contributed by atoms with van der Waals surface area (Å²) >= 11 is 0. The van der Waals surface area contributed by atoms with E-state index >= 15 is 0 Å². The number of aliphatic hydroxyl groups excluding tert-OH is 1. The molecule has 196 valence electrons. The van der Waals surface area contributed by atoms with E-state index in [1.54, 1.807) is 0 Å². The molecular formula is C28H48O6. The van der Waals surface area contributed by atoms with E-state index in [0.29, 0.717) is 50.8 Å². The fraction of sp³-hybridized carbons (Fsp3) is 0.929. The van der Waals surface area contributed by atoms with Gasteiger partial charge in [-0.25, -0.2) is 0 Å². The molecule has 3 unspecified atom stereocenters. The number of carbonyl (C=O) groups is 2. The van der Waals surface area contributed by atoms with Gasteiger partial charge >= 0.3 is 5.97 Å². The van der Waals surface area contributed by atoms with Crippen molar-refractivity contribution in [3.8, 4) is 0 Å². The number of methoxy groups -OCH3 is 1. The molecule has 6 nitrogen and oxygen atoms in total. The summed E-state index contributed by atoms with van der Waals surface area (Å²) in [4.78, 5) is 24.9. The molecule has 0 aromatic rings. The zero-order valence-corrected chi connectivity index (χ0v) is 21.6. The van der Waals surface area contributed by atoms with Crippen LogP contribution in [0, 0.1) is 23.7 Å². The van der Waals surface area contributed by atoms with Gasteiger partial charge in [0.1, 0.15) is 5.78 Å². The van der Waals surface area contributed by atoms with Crippen LogP contribution in [-0.2, 0) is 23.8 Å². The van der Waals surface area contributed by atoms with Gasteiger partial charge in [-0.3, -0.25) is 9.59 Å². The van der Waals surface area contributed by atoms with E-state index in [-0.39, 0.29) is 23.9 Å². The number of Topliss-reactive ketones (excluding diaryl/α,β-unsaturated/α-hetero) is 1. The normalized spacial score (nSPS) is 34.5. The summed E-state index contributed by atoms with van der Waals surface area (Å²) < 4.78 is 16.6. The highest BCUT2D eigenvalue weighted by Crippen LogP contribution is 2.42. The molecule has 0 heterocycles. The van der Waals surface area contributed by atoms with E-state index in [2.05, 4.69) is 6.92 Å². The van der Waals surface area contributed by atoms with Gasteiger partial charge in [0.15, 0.2) is 0 Å². The van der Waals surface area contributed by atoms with Crippen LogP contribution in [0.25, 0.3) is 0 Å². The molecule has 0 spiro atoms. The molecule has 3 aliphatic rings. The monoisotopic (exact) mass is 480 g/mol. The Balaban J connectivity index is 1.31. The Bertz CT molecular complexity index is 606. The van der Waals surface area contributed by atoms with E-state index in [1.807, 2.05) is 7.11 Å². The fourth-order valence-electron chi connectivity index (χ4n) is 6.44. The number of carbonyl (C=O) groups excluding carboxylic acids is 2. The Morgan fingerprint density at radius 2 is 1.47 bits per heavy atom. The SMILES string of the molecule is CCCCOC(=O)CCCOC1CCC(C(=O)C2CCC(C3CCC(OC)CC3)CC2)C(O)C1. The Morgan fingerprint density at radius 1 is 0.824 bits per heavy atom. The molecule has 3 fully saturated rings. The highest BCUT2D eigenvalue weighted by Gasteiger charge is 2.39. The van der Waals surface area contributed by atoms with Crippen molar-refractivity contribution in [3.63, 3.8) is 0 Å². The minimum atomic E-state index is -0.604. The maximum absolute atomic E-state index is 13.2. The first-order chi connectivity index (χ1) is 16.5. The first kappa shape index (κ1) is 27.6. The van der Waals surface area contributed by atoms with Gasteiger partial charge in [-0.1, -0.05) is 13.3 Å². The number of hydrogen-bond acceptors (Lipinski definition) is 6. The third-order valence-electron chi connectivity index (χ3n) is 8.67. The Morgan fingerprint density at radius 3 is 2.09 bits per heavy atom. The lowest BCUT2D eigenvalue weighted by Gasteiger charge is -2.39. The van der Waals surface area contributed by atoms with Crippen molar-refractivity contribution in [2.24, 2.45) is 23.7 Å². The fourth-order valence-corrected chi connectivity index (χ4v) is 6.44. The number of ketones is 1. The lowest BCUT2D eigenvalue weighted by molar-refractivity contribution is -0.144. The molecule has 3 rings (SSSR count). The second-order valence-electron chi connectivity index (χ2n) is 10.9. The average molecular weight is 481 g/mol. The Kier molecular flexibility index (Phi) is 11.8. The number of esters is 1. The second-order valence-corrected chi connectivity index (χ2v) is 10.9. The smallest absolute Gasteiger partial charge is 0.305 e. The molecule has 6 heteroatoms. The Labute approximate surface area is 206 Å². The van der Waals surface area contributed by atoms with Crippen molar-refractivity contribution in [1.29, 1.82) is 0 Å². The molecule has 0 saturated heterocycles. The topological polar surface area (TPSA) is 82.1 Å². The zero-order valence-electron chi connectivity index (χ0n) is 21.6. The van der Waals surface area contributed by atoms with Crippen molar-refractivity contribution in [1.82, 2.24) is 0 Å². The molecule has 3 aliphatic carbocycles. The quantitative estimate of drug-likeness (QED) is 0.304. The maximum Gasteiger partial charge on any atom is 0.305 e. The van der Waals surface area contributed by atoms with Crippen LogP contribution in [0.2, 0.25) is 0 Å². The van der Waals surface area contributed by atoms with Crippen LogP contribution in [0.1, 0.15) is 103 Å². The lowest BCUT2D eigenvalue weighted by atomic mass is 9.68. The summed E-state index contributed by atoms with van der Waals surface area (Å²) in [5.74, 6) is 1.60. The highest BCUT2D eigenvalue weighted by atomic mass is 16.5. The summed E-state index contributed by atoms with van der Waals surface area (Å²) in [6, 6.07) is 0. The van der Waals surface area contributed by atoms with E-state index in [1.165, 1.54) is 25.7 Å². The number of hydrogen-bond donors (Lipinski definition) is 1. The first-order valence-electron chi connectivity index (χ1n) is 14.0. The van der Waals surface area contributed by atoms with Gasteiger partial charge in [-0.2, -0.15) is 0 Å². The minimum Gasteiger partial charge on any atom is -0.466 e. The summed E-state index contributed by atoms with van der Waals surface area (Å²) in [6.07, 6.45) is 14.0. The van der Waals surface area contributed by atoms with Gasteiger partial charge in [-0.15, -0.1) is 0 Å². The van der Waals surface area contributed by atoms with Crippen LogP contribution in [0.3, 0.4) is 0 Å². The third-order valence-corrected chi connectivity index (χ3v) is 8.67. The summed E-state index contributed by atoms with van der Waals surface area (Å²) in [5, 5.41) is 10.7. The predicted octanol–water partition coefficient (Wildman–Crippen LogP) is 5.24. The van der Waals surface area contributed by atoms with E-state index in [0.717, 1.165) is 56.8 Å². The predicted molar refractivity (Wildman–Crippen MR) is 131 cm³/mol. The van der Waals surface area contributed by atoms with Gasteiger partial charge in [0, 0.05) is 38.4 Å². The largest absolute Gasteiger partial charge is 0.466 e. The van der Waals surface area contributed by atoms with Crippen molar-refractivity contribution in [3.05, 3.63) is 0 Å². The van der Waals surface area contributed by atoms with Crippen LogP contribution in [0.4, 0.5) is 0 Å². The van der Waals surface area contributed by atoms with Crippen LogP contribution < -0.4 is 0 Å². The van der Waals surface area contributed by atoms with E-state index in [9.17, 15) is 14.7 Å². The van der Waals surface area contributed by atoms with Crippen molar-refractivity contribution in [2.75, 3.05) is 20.3 Å². The number of ether oxygens (including phenoxy) is 3. The zero-order chi connectivity index (χ0) is 24.3. The van der Waals surface area contributed by atoms with Gasteiger partial charge in [0.2, 0.25) is 0 Å². The number of aliphatic hydroxyl groups is 1. The van der Waals surface area contributed by atoms with Gasteiger partial charge in [-0.05, 0) is 88.9 Å². The summed E-state index contributed by atoms with van der Waals surface area (Å²) in [6.45, 7) is 3.06. The van der Waals surface area contributed by atoms with Crippen molar-refractivity contribution < 1.29 is 28.9 Å². The number of rotatable bonds is 12. The Hall–Kier alpha value is -0.980. The summed E-state index contributed by atoms with van der Waals surface area (Å²) in [7, 11) is 1.82. The van der Waals surface area contributed by atoms with Gasteiger partial charge < -0.3 is 19.3 Å². The molecule has 1 N–H and O–H groups in total. The molecule has 0 amide bonds. The van der Waals surface area contributed by atoms with Crippen LogP contribution in [-0.4, -0.2) is 55.5 Å². The molecule has 0 radical (unpaired) electrons. The van der Waals surface area contributed by atoms with Crippen molar-refractivity contribution >= 4 is 11.8 Å². The second kappa shape index (κ2) is 14.5. The van der Waals surface area contributed by atoms with Gasteiger partial charge in [0.25, 0.3) is 0 Å². The molecular weight excluding hydrogens is 432 g/mol. The van der Waals surface area contributed by atoms with Crippen LogP contribution >= 0.6 is 0 Å². The molecule has 0 aliphatic heterocycles. The third kappa shape index (κ3) is 8.30. The van der Waals surface area contributed by atoms with Gasteiger partial charge in [0.05, 0.1) is 24.9 Å². The molecule has 0 aromatic heterocycles. The maximum atomic E-state index is 13.2. The molecule has 0 bridgehead atoms. The standard InChI is InChI=1S/C28H48O6/c1-3-4-17-34-27(30)6-5-18-33-24-15-16-25(26(29)19-24)28(31)22-9-7-20(8-10-22)21-11-13-23(32-2)14-12-21/h20-26,29H,3-19H2,1-2H3. The van der Waals surface area contributed by atoms with E-state index in [4.69, 9.17) is 14.2 Å². The summed E-state index contributed by atoms with van der Waals surface area (Å²) in [5.41, 5.74) is 0. The number of unbranched alkanes of at least 4 members (excludes halogenated alkanes) is 1. The van der Waals surface area contributed by atoms with Crippen molar-refractivity contribution in [2.45, 2.75) is 122 Å². The average Bonchev–Trinajstić information content (AvgIpc) is 2.87.